The van der Waals surface area contributed by atoms with Gasteiger partial charge in [0.1, 0.15) is 11.5 Å². The van der Waals surface area contributed by atoms with Crippen molar-refractivity contribution in [1.29, 1.82) is 0 Å². The number of hydrogen-bond donors (Lipinski definition) is 0. The summed E-state index contributed by atoms with van der Waals surface area (Å²) in [5, 5.41) is 0. The van der Waals surface area contributed by atoms with Gasteiger partial charge >= 0.3 is 0 Å². The van der Waals surface area contributed by atoms with Crippen molar-refractivity contribution in [3.8, 4) is 23.0 Å². The predicted octanol–water partition coefficient (Wildman–Crippen LogP) is 7.43. The summed E-state index contributed by atoms with van der Waals surface area (Å²) in [6, 6.07) is 17.5. The van der Waals surface area contributed by atoms with Crippen LogP contribution in [-0.2, 0) is 25.8 Å². The molecule has 6 rings (SSSR count). The average Bonchev–Trinajstić information content (AvgIpc) is 3.44. The lowest BCUT2D eigenvalue weighted by Gasteiger charge is -2.41. The van der Waals surface area contributed by atoms with Crippen LogP contribution in [0, 0.1) is 0 Å². The van der Waals surface area contributed by atoms with Crippen LogP contribution < -0.4 is 18.4 Å². The van der Waals surface area contributed by atoms with E-state index in [1.54, 1.807) is 14.2 Å². The van der Waals surface area contributed by atoms with Crippen molar-refractivity contribution in [2.24, 2.45) is 0 Å². The van der Waals surface area contributed by atoms with Gasteiger partial charge in [-0.1, -0.05) is 33.8 Å². The Bertz CT molecular complexity index is 1210. The molecule has 0 radical (unpaired) electrons. The SMILES string of the molecule is CC.CC.COc1ccc2c(c1)CCN1Cc3cc(OC)c(OSc4ccc5c(c4)CCO5)cc3CC21. The summed E-state index contributed by atoms with van der Waals surface area (Å²) in [5.41, 5.74) is 6.72. The van der Waals surface area contributed by atoms with E-state index in [1.807, 2.05) is 39.8 Å². The van der Waals surface area contributed by atoms with E-state index in [2.05, 4.69) is 41.3 Å². The van der Waals surface area contributed by atoms with Crippen molar-refractivity contribution in [2.45, 2.75) is 64.4 Å². The second kappa shape index (κ2) is 12.6. The monoisotopic (exact) mass is 521 g/mol. The molecule has 0 aliphatic carbocycles. The zero-order valence-corrected chi connectivity index (χ0v) is 23.7. The van der Waals surface area contributed by atoms with Gasteiger partial charge < -0.3 is 18.4 Å². The fraction of sp³-hybridized carbons (Fsp3) is 0.419. The summed E-state index contributed by atoms with van der Waals surface area (Å²) in [7, 11) is 3.44. The summed E-state index contributed by atoms with van der Waals surface area (Å²) in [4.78, 5) is 3.65. The molecule has 3 aliphatic heterocycles. The highest BCUT2D eigenvalue weighted by molar-refractivity contribution is 7.95. The number of fused-ring (bicyclic) bond motifs is 5. The Balaban J connectivity index is 0.000000765. The van der Waals surface area contributed by atoms with Crippen molar-refractivity contribution < 1.29 is 18.4 Å². The first-order valence-electron chi connectivity index (χ1n) is 13.4. The molecule has 5 nitrogen and oxygen atoms in total. The van der Waals surface area contributed by atoms with E-state index in [0.717, 1.165) is 66.9 Å². The largest absolute Gasteiger partial charge is 0.497 e. The molecule has 198 valence electrons. The van der Waals surface area contributed by atoms with Crippen molar-refractivity contribution in [3.63, 3.8) is 0 Å². The number of methoxy groups -OCH3 is 2. The van der Waals surface area contributed by atoms with Crippen LogP contribution in [0.3, 0.4) is 0 Å². The predicted molar refractivity (Wildman–Crippen MR) is 151 cm³/mol. The molecule has 6 heteroatoms. The van der Waals surface area contributed by atoms with Gasteiger partial charge in [-0.25, -0.2) is 0 Å². The highest BCUT2D eigenvalue weighted by Gasteiger charge is 2.33. The number of nitrogens with zero attached hydrogens (tertiary/aromatic N) is 1. The van der Waals surface area contributed by atoms with Crippen LogP contribution in [0.5, 0.6) is 23.0 Å². The Kier molecular flexibility index (Phi) is 9.28. The van der Waals surface area contributed by atoms with Crippen LogP contribution in [-0.4, -0.2) is 32.3 Å². The van der Waals surface area contributed by atoms with Crippen LogP contribution in [0.4, 0.5) is 0 Å². The molecule has 3 aromatic carbocycles. The van der Waals surface area contributed by atoms with Gasteiger partial charge in [-0.3, -0.25) is 4.90 Å². The smallest absolute Gasteiger partial charge is 0.179 e. The number of ether oxygens (including phenoxy) is 3. The maximum atomic E-state index is 6.20. The Hall–Kier alpha value is -2.83. The van der Waals surface area contributed by atoms with Gasteiger partial charge in [0.05, 0.1) is 32.9 Å². The molecule has 0 aromatic heterocycles. The highest BCUT2D eigenvalue weighted by atomic mass is 32.2. The third kappa shape index (κ3) is 5.70. The van der Waals surface area contributed by atoms with E-state index in [4.69, 9.17) is 18.4 Å². The molecule has 0 fully saturated rings. The molecule has 3 aromatic rings. The lowest BCUT2D eigenvalue weighted by molar-refractivity contribution is 0.160. The van der Waals surface area contributed by atoms with E-state index in [0.29, 0.717) is 6.04 Å². The van der Waals surface area contributed by atoms with Gasteiger partial charge in [-0.05, 0) is 83.1 Å². The fourth-order valence-corrected chi connectivity index (χ4v) is 5.87. The molecule has 0 amide bonds. The maximum absolute atomic E-state index is 6.20. The van der Waals surface area contributed by atoms with Gasteiger partial charge in [-0.15, -0.1) is 0 Å². The minimum absolute atomic E-state index is 0.387. The summed E-state index contributed by atoms with van der Waals surface area (Å²) in [6.07, 6.45) is 2.98. The first-order chi connectivity index (χ1) is 18.2. The van der Waals surface area contributed by atoms with E-state index >= 15 is 0 Å². The first-order valence-corrected chi connectivity index (χ1v) is 14.2. The van der Waals surface area contributed by atoms with E-state index in [-0.39, 0.29) is 0 Å². The minimum Gasteiger partial charge on any atom is -0.497 e. The standard InChI is InChI=1S/C27H27NO4S.2C2H6/c1-29-21-3-5-23-17(11-21)7-9-28-16-20-15-26(30-2)27(14-19(20)13-24(23)28)32-33-22-4-6-25-18(12-22)8-10-31-25;2*1-2/h3-6,11-12,14-15,24H,7-10,13,16H2,1-2H3;2*1-2H3. The lowest BCUT2D eigenvalue weighted by atomic mass is 9.84. The Morgan fingerprint density at radius 3 is 2.41 bits per heavy atom. The Labute approximate surface area is 226 Å². The molecular weight excluding hydrogens is 482 g/mol. The quantitative estimate of drug-likeness (QED) is 0.325. The van der Waals surface area contributed by atoms with Crippen LogP contribution in [0.25, 0.3) is 0 Å². The molecule has 0 N–H and O–H groups in total. The van der Waals surface area contributed by atoms with Gasteiger partial charge in [0.25, 0.3) is 0 Å². The third-order valence-electron chi connectivity index (χ3n) is 6.98. The Morgan fingerprint density at radius 1 is 0.811 bits per heavy atom. The molecule has 37 heavy (non-hydrogen) atoms. The zero-order chi connectivity index (χ0) is 26.4. The lowest BCUT2D eigenvalue weighted by Crippen LogP contribution is -2.39. The highest BCUT2D eigenvalue weighted by Crippen LogP contribution is 2.43. The van der Waals surface area contributed by atoms with Crippen molar-refractivity contribution in [1.82, 2.24) is 4.90 Å². The van der Waals surface area contributed by atoms with Crippen LogP contribution in [0.2, 0.25) is 0 Å². The molecule has 0 bridgehead atoms. The molecule has 1 unspecified atom stereocenters. The summed E-state index contributed by atoms with van der Waals surface area (Å²) >= 11 is 1.38. The van der Waals surface area contributed by atoms with Crippen molar-refractivity contribution in [3.05, 3.63) is 76.3 Å². The van der Waals surface area contributed by atoms with Crippen LogP contribution in [0.15, 0.2) is 53.4 Å². The number of rotatable bonds is 5. The molecule has 0 spiro atoms. The molecule has 3 heterocycles. The van der Waals surface area contributed by atoms with Crippen molar-refractivity contribution in [2.75, 3.05) is 27.4 Å². The third-order valence-corrected chi connectivity index (χ3v) is 7.69. The van der Waals surface area contributed by atoms with Crippen LogP contribution >= 0.6 is 12.0 Å². The van der Waals surface area contributed by atoms with Crippen LogP contribution in [0.1, 0.15) is 61.6 Å². The van der Waals surface area contributed by atoms with E-state index in [1.165, 1.54) is 39.9 Å². The molecular formula is C31H39NO4S. The topological polar surface area (TPSA) is 40.2 Å². The summed E-state index contributed by atoms with van der Waals surface area (Å²) < 4.78 is 23.0. The molecule has 0 saturated carbocycles. The minimum atomic E-state index is 0.387. The van der Waals surface area contributed by atoms with E-state index in [9.17, 15) is 0 Å². The summed E-state index contributed by atoms with van der Waals surface area (Å²) in [6.45, 7) is 10.7. The second-order valence-electron chi connectivity index (χ2n) is 8.81. The zero-order valence-electron chi connectivity index (χ0n) is 22.9. The fourth-order valence-electron chi connectivity index (χ4n) is 5.24. The van der Waals surface area contributed by atoms with Gasteiger partial charge in [0.15, 0.2) is 11.5 Å². The second-order valence-corrected chi connectivity index (χ2v) is 9.62. The maximum Gasteiger partial charge on any atom is 0.179 e. The first kappa shape index (κ1) is 27.2. The molecule has 0 saturated heterocycles. The summed E-state index contributed by atoms with van der Waals surface area (Å²) in [5.74, 6) is 3.48. The average molecular weight is 522 g/mol. The number of hydrogen-bond acceptors (Lipinski definition) is 6. The number of benzene rings is 3. The normalized spacial score (nSPS) is 16.8. The van der Waals surface area contributed by atoms with Gasteiger partial charge in [-0.2, -0.15) is 0 Å². The van der Waals surface area contributed by atoms with Gasteiger partial charge in [0.2, 0.25) is 0 Å². The van der Waals surface area contributed by atoms with E-state index < -0.39 is 0 Å². The molecule has 1 atom stereocenters. The van der Waals surface area contributed by atoms with Gasteiger partial charge in [0, 0.05) is 30.4 Å². The van der Waals surface area contributed by atoms with Crippen molar-refractivity contribution >= 4 is 12.0 Å². The molecule has 3 aliphatic rings. The Morgan fingerprint density at radius 2 is 1.62 bits per heavy atom.